The lowest BCUT2D eigenvalue weighted by Crippen LogP contribution is -2.11. The van der Waals surface area contributed by atoms with Crippen LogP contribution in [0.25, 0.3) is 0 Å². The van der Waals surface area contributed by atoms with Gasteiger partial charge in [-0.3, -0.25) is 9.48 Å². The Morgan fingerprint density at radius 2 is 2.00 bits per heavy atom. The van der Waals surface area contributed by atoms with E-state index in [1.54, 1.807) is 35.1 Å². The molecule has 1 amide bonds. The van der Waals surface area contributed by atoms with Gasteiger partial charge < -0.3 is 10.1 Å². The Bertz CT molecular complexity index is 1220. The number of aromatic nitrogens is 2. The number of nitrogens with one attached hydrogen (secondary N) is 1. The van der Waals surface area contributed by atoms with Crippen molar-refractivity contribution in [2.24, 2.45) is 0 Å². The van der Waals surface area contributed by atoms with E-state index in [2.05, 4.69) is 16.5 Å². The largest absolute Gasteiger partial charge is 0.489 e. The maximum Gasteiger partial charge on any atom is 0.266 e. The fourth-order valence-corrected chi connectivity index (χ4v) is 3.98. The maximum atomic E-state index is 13.8. The third-order valence-corrected chi connectivity index (χ3v) is 5.75. The molecule has 0 atom stereocenters. The van der Waals surface area contributed by atoms with E-state index in [4.69, 9.17) is 4.74 Å². The Balaban J connectivity index is 1.35. The fourth-order valence-electron chi connectivity index (χ4n) is 3.19. The molecular weight excluding hydrogens is 413 g/mol. The van der Waals surface area contributed by atoms with E-state index < -0.39 is 0 Å². The first-order chi connectivity index (χ1) is 15.0. The molecule has 0 radical (unpaired) electrons. The number of aryl methyl sites for hydroxylation is 2. The third-order valence-electron chi connectivity index (χ3n) is 4.77. The molecule has 0 saturated heterocycles. The molecule has 4 rings (SSSR count). The molecule has 1 N–H and O–H groups in total. The van der Waals surface area contributed by atoms with Crippen molar-refractivity contribution in [3.8, 4) is 5.75 Å². The number of amides is 1. The fraction of sp³-hybridized carbons (Fsp3) is 0.167. The first-order valence-electron chi connectivity index (χ1n) is 9.83. The van der Waals surface area contributed by atoms with Crippen LogP contribution in [-0.4, -0.2) is 15.7 Å². The van der Waals surface area contributed by atoms with Crippen molar-refractivity contribution in [3.63, 3.8) is 0 Å². The molecule has 2 aromatic carbocycles. The minimum absolute atomic E-state index is 0.237. The number of anilines is 1. The first-order valence-corrected chi connectivity index (χ1v) is 10.7. The lowest BCUT2D eigenvalue weighted by molar-refractivity contribution is 0.103. The summed E-state index contributed by atoms with van der Waals surface area (Å²) >= 11 is 1.35. The molecule has 0 spiro atoms. The van der Waals surface area contributed by atoms with E-state index in [0.29, 0.717) is 29.4 Å². The lowest BCUT2D eigenvalue weighted by Gasteiger charge is -2.08. The molecule has 0 aliphatic heterocycles. The molecule has 0 saturated carbocycles. The lowest BCUT2D eigenvalue weighted by atomic mass is 10.1. The Kier molecular flexibility index (Phi) is 6.13. The number of halogens is 1. The van der Waals surface area contributed by atoms with Gasteiger partial charge in [0.25, 0.3) is 5.91 Å². The average Bonchev–Trinajstić information content (AvgIpc) is 3.39. The van der Waals surface area contributed by atoms with Gasteiger partial charge in [-0.05, 0) is 43.0 Å². The summed E-state index contributed by atoms with van der Waals surface area (Å²) in [6.07, 6.45) is 1.71. The van der Waals surface area contributed by atoms with Gasteiger partial charge in [-0.2, -0.15) is 5.10 Å². The van der Waals surface area contributed by atoms with Gasteiger partial charge >= 0.3 is 0 Å². The van der Waals surface area contributed by atoms with Crippen molar-refractivity contribution in [1.29, 1.82) is 0 Å². The molecule has 0 aliphatic carbocycles. The number of carbonyl (C=O) groups is 1. The van der Waals surface area contributed by atoms with E-state index >= 15 is 0 Å². The second kappa shape index (κ2) is 9.14. The molecule has 0 aliphatic rings. The molecule has 0 fully saturated rings. The van der Waals surface area contributed by atoms with Gasteiger partial charge in [0.15, 0.2) is 5.82 Å². The second-order valence-electron chi connectivity index (χ2n) is 7.32. The average molecular weight is 436 g/mol. The van der Waals surface area contributed by atoms with Crippen molar-refractivity contribution < 1.29 is 13.9 Å². The van der Waals surface area contributed by atoms with Crippen LogP contribution >= 0.6 is 11.3 Å². The molecule has 7 heteroatoms. The Morgan fingerprint density at radius 3 is 2.81 bits per heavy atom. The number of thiophene rings is 1. The predicted octanol–water partition coefficient (Wildman–Crippen LogP) is 5.58. The van der Waals surface area contributed by atoms with Crippen LogP contribution in [0.3, 0.4) is 0 Å². The van der Waals surface area contributed by atoms with Gasteiger partial charge in [0.1, 0.15) is 18.2 Å². The highest BCUT2D eigenvalue weighted by atomic mass is 32.1. The number of hydrogen-bond donors (Lipinski definition) is 1. The molecule has 0 unspecified atom stereocenters. The zero-order valence-electron chi connectivity index (χ0n) is 17.3. The maximum absolute atomic E-state index is 13.8. The zero-order valence-corrected chi connectivity index (χ0v) is 18.1. The Hall–Kier alpha value is -3.45. The van der Waals surface area contributed by atoms with Gasteiger partial charge in [-0.25, -0.2) is 4.39 Å². The number of nitrogens with zero attached hydrogens (tertiary/aromatic N) is 2. The zero-order chi connectivity index (χ0) is 21.8. The highest BCUT2D eigenvalue weighted by Crippen LogP contribution is 2.22. The minimum Gasteiger partial charge on any atom is -0.489 e. The summed E-state index contributed by atoms with van der Waals surface area (Å²) in [6.45, 7) is 4.75. The highest BCUT2D eigenvalue weighted by molar-refractivity contribution is 7.12. The van der Waals surface area contributed by atoms with Gasteiger partial charge in [-0.15, -0.1) is 11.3 Å². The topological polar surface area (TPSA) is 56.1 Å². The summed E-state index contributed by atoms with van der Waals surface area (Å²) in [6, 6.07) is 16.1. The first kappa shape index (κ1) is 20.8. The van der Waals surface area contributed by atoms with E-state index in [1.807, 2.05) is 37.4 Å². The van der Waals surface area contributed by atoms with Crippen LogP contribution in [0.5, 0.6) is 5.75 Å². The molecule has 0 bridgehead atoms. The van der Waals surface area contributed by atoms with Crippen LogP contribution in [0.1, 0.15) is 31.9 Å². The minimum atomic E-state index is -0.280. The smallest absolute Gasteiger partial charge is 0.266 e. The molecular formula is C24H22FN3O2S. The van der Waals surface area contributed by atoms with Gasteiger partial charge in [0.2, 0.25) is 0 Å². The molecule has 4 aromatic rings. The van der Waals surface area contributed by atoms with Gasteiger partial charge in [0, 0.05) is 23.4 Å². The number of rotatable bonds is 7. The van der Waals surface area contributed by atoms with Crippen LogP contribution in [0.4, 0.5) is 10.2 Å². The van der Waals surface area contributed by atoms with Crippen LogP contribution in [-0.2, 0) is 13.2 Å². The normalized spacial score (nSPS) is 10.8. The summed E-state index contributed by atoms with van der Waals surface area (Å²) in [5.41, 5.74) is 3.74. The van der Waals surface area contributed by atoms with Crippen LogP contribution < -0.4 is 10.1 Å². The third kappa shape index (κ3) is 5.19. The summed E-state index contributed by atoms with van der Waals surface area (Å²) < 4.78 is 21.3. The standard InChI is InChI=1S/C24H22FN3O2S/c1-16-7-8-21(17(2)11-16)30-14-18-12-22(31-15-18)24(29)26-23-9-10-28(27-23)13-19-5-3-4-6-20(19)25/h3-12,15H,13-14H2,1-2H3,(H,26,27,29). The van der Waals surface area contributed by atoms with Crippen LogP contribution in [0.2, 0.25) is 0 Å². The molecule has 158 valence electrons. The van der Waals surface area contributed by atoms with E-state index in [0.717, 1.165) is 16.9 Å². The molecule has 2 heterocycles. The monoisotopic (exact) mass is 435 g/mol. The summed E-state index contributed by atoms with van der Waals surface area (Å²) in [7, 11) is 0. The Labute approximate surface area is 184 Å². The molecule has 2 aromatic heterocycles. The van der Waals surface area contributed by atoms with Crippen LogP contribution in [0, 0.1) is 19.7 Å². The number of hydrogen-bond acceptors (Lipinski definition) is 4. The summed E-state index contributed by atoms with van der Waals surface area (Å²) in [4.78, 5) is 13.1. The van der Waals surface area contributed by atoms with E-state index in [9.17, 15) is 9.18 Å². The predicted molar refractivity (Wildman–Crippen MR) is 120 cm³/mol. The van der Waals surface area contributed by atoms with Crippen molar-refractivity contribution in [3.05, 3.63) is 99.1 Å². The summed E-state index contributed by atoms with van der Waals surface area (Å²) in [5, 5.41) is 9.01. The molecule has 31 heavy (non-hydrogen) atoms. The number of carbonyl (C=O) groups excluding carboxylic acids is 1. The molecule has 5 nitrogen and oxygen atoms in total. The van der Waals surface area contributed by atoms with Gasteiger partial charge in [-0.1, -0.05) is 35.9 Å². The quantitative estimate of drug-likeness (QED) is 0.412. The van der Waals surface area contributed by atoms with Crippen molar-refractivity contribution >= 4 is 23.1 Å². The summed E-state index contributed by atoms with van der Waals surface area (Å²) in [5.74, 6) is 0.739. The number of ether oxygens (including phenoxy) is 1. The Morgan fingerprint density at radius 1 is 1.16 bits per heavy atom. The SMILES string of the molecule is Cc1ccc(OCc2csc(C(=O)Nc3ccn(Cc4ccccc4F)n3)c2)c(C)c1. The second-order valence-corrected chi connectivity index (χ2v) is 8.23. The van der Waals surface area contributed by atoms with Gasteiger partial charge in [0.05, 0.1) is 11.4 Å². The number of benzene rings is 2. The van der Waals surface area contributed by atoms with E-state index in [1.165, 1.54) is 23.0 Å². The van der Waals surface area contributed by atoms with Crippen LogP contribution in [0.15, 0.2) is 66.2 Å². The van der Waals surface area contributed by atoms with E-state index in [-0.39, 0.29) is 11.7 Å². The van der Waals surface area contributed by atoms with Crippen molar-refractivity contribution in [2.45, 2.75) is 27.0 Å². The van der Waals surface area contributed by atoms with Crippen molar-refractivity contribution in [1.82, 2.24) is 9.78 Å². The highest BCUT2D eigenvalue weighted by Gasteiger charge is 2.12. The van der Waals surface area contributed by atoms with Crippen molar-refractivity contribution in [2.75, 3.05) is 5.32 Å².